The van der Waals surface area contributed by atoms with Gasteiger partial charge in [0.1, 0.15) is 0 Å². The second-order valence-electron chi connectivity index (χ2n) is 21.0. The fraction of sp³-hybridized carbons (Fsp3) is 0.164. The van der Waals surface area contributed by atoms with Gasteiger partial charge in [-0.3, -0.25) is 4.98 Å². The van der Waals surface area contributed by atoms with E-state index in [-0.39, 0.29) is 20.1 Å². The van der Waals surface area contributed by atoms with Gasteiger partial charge in [0.25, 0.3) is 0 Å². The summed E-state index contributed by atoms with van der Waals surface area (Å²) >= 11 is 0.0981. The van der Waals surface area contributed by atoms with Crippen LogP contribution in [-0.4, -0.2) is 27.8 Å². The normalized spacial score (nSPS) is 11.8. The molecule has 3 nitrogen and oxygen atoms in total. The maximum absolute atomic E-state index is 5.44. The van der Waals surface area contributed by atoms with Gasteiger partial charge in [0.05, 0.1) is 16.9 Å². The van der Waals surface area contributed by atoms with Gasteiger partial charge >= 0.3 is 135 Å². The monoisotopic (exact) mass is 1200 g/mol. The van der Waals surface area contributed by atoms with Gasteiger partial charge < -0.3 is 4.57 Å². The van der Waals surface area contributed by atoms with Crippen molar-refractivity contribution < 1.29 is 20.1 Å². The van der Waals surface area contributed by atoms with Crippen LogP contribution in [0.5, 0.6) is 0 Å². The van der Waals surface area contributed by atoms with Crippen LogP contribution in [0.25, 0.3) is 103 Å². The van der Waals surface area contributed by atoms with Crippen LogP contribution in [0.15, 0.2) is 182 Å². The number of para-hydroxylation sites is 2. The Morgan fingerprint density at radius 3 is 1.89 bits per heavy atom. The molecule has 0 N–H and O–H groups in total. The topological polar surface area (TPSA) is 30.7 Å². The molecule has 12 aromatic rings. The predicted octanol–water partition coefficient (Wildman–Crippen LogP) is 18.5. The second-order valence-corrected chi connectivity index (χ2v) is 32.6. The molecule has 0 aliphatic rings. The maximum atomic E-state index is 5.44. The summed E-state index contributed by atoms with van der Waals surface area (Å²) in [5.41, 5.74) is 16.6. The zero-order valence-corrected chi connectivity index (χ0v) is 48.4. The summed E-state index contributed by atoms with van der Waals surface area (Å²) in [7, 11) is 0. The first-order valence-corrected chi connectivity index (χ1v) is 33.4. The third-order valence-corrected chi connectivity index (χ3v) is 19.7. The Morgan fingerprint density at radius 2 is 1.22 bits per heavy atom. The maximum Gasteiger partial charge on any atom is 0 e. The number of benzene rings is 9. The summed E-state index contributed by atoms with van der Waals surface area (Å²) in [6.45, 7) is 13.6. The molecule has 1 radical (unpaired) electrons. The predicted molar refractivity (Wildman–Crippen MR) is 313 cm³/mol. The summed E-state index contributed by atoms with van der Waals surface area (Å²) in [4.78, 5) is 10.1. The van der Waals surface area contributed by atoms with Gasteiger partial charge in [-0.1, -0.05) is 136 Å². The summed E-state index contributed by atoms with van der Waals surface area (Å²) in [5, 5.41) is 7.81. The molecule has 6 heteroatoms. The van der Waals surface area contributed by atoms with Crippen molar-refractivity contribution in [2.24, 2.45) is 0 Å². The Bertz CT molecular complexity index is 3950. The van der Waals surface area contributed by atoms with Crippen LogP contribution in [-0.2, 0) is 20.1 Å². The minimum absolute atomic E-state index is 0. The van der Waals surface area contributed by atoms with Crippen LogP contribution in [0.1, 0.15) is 61.8 Å². The summed E-state index contributed by atoms with van der Waals surface area (Å²) in [6, 6.07) is 70.6. The van der Waals surface area contributed by atoms with Crippen LogP contribution < -0.4 is 4.40 Å². The van der Waals surface area contributed by atoms with E-state index in [1.807, 2.05) is 23.5 Å². The molecule has 0 fully saturated rings. The SMILES string of the molecule is Cc1ccc2c(ccc3c2ccc2c3sc3c(-c4nc5ccccc5n4-c4c(C(C)C)cc(-c5ccccc5)cc4C(C)C)[c-]cc(C)c32)c1.[CH3][Ge]([CH3])([CH3])[c]1ccc(-c2[c-]ccc(-c3ccccc3)c2)nc1.[Ir]. The smallest absolute Gasteiger partial charge is 0 e. The van der Waals surface area contributed by atoms with Crippen LogP contribution in [0.3, 0.4) is 0 Å². The van der Waals surface area contributed by atoms with Gasteiger partial charge in [0.15, 0.2) is 0 Å². The van der Waals surface area contributed by atoms with Crippen LogP contribution in [0, 0.1) is 26.0 Å². The quantitative estimate of drug-likeness (QED) is 0.0862. The molecule has 0 unspecified atom stereocenters. The van der Waals surface area contributed by atoms with Gasteiger partial charge in [-0.15, -0.1) is 17.7 Å². The zero-order chi connectivity index (χ0) is 49.8. The van der Waals surface area contributed by atoms with Crippen molar-refractivity contribution in [1.82, 2.24) is 14.5 Å². The third kappa shape index (κ3) is 9.54. The number of aromatic nitrogens is 3. The number of pyridine rings is 1. The van der Waals surface area contributed by atoms with E-state index >= 15 is 0 Å². The minimum atomic E-state index is -1.79. The first-order valence-electron chi connectivity index (χ1n) is 25.3. The first-order chi connectivity index (χ1) is 34.8. The molecule has 0 atom stereocenters. The Labute approximate surface area is 450 Å². The van der Waals surface area contributed by atoms with E-state index in [2.05, 4.69) is 250 Å². The van der Waals surface area contributed by atoms with Crippen LogP contribution in [0.2, 0.25) is 17.3 Å². The van der Waals surface area contributed by atoms with Gasteiger partial charge in [-0.05, 0) is 96.9 Å². The summed E-state index contributed by atoms with van der Waals surface area (Å²) < 4.78 is 6.45. The van der Waals surface area contributed by atoms with Crippen molar-refractivity contribution in [3.63, 3.8) is 0 Å². The molecule has 0 saturated heterocycles. The Morgan fingerprint density at radius 1 is 0.575 bits per heavy atom. The van der Waals surface area contributed by atoms with Gasteiger partial charge in [0.2, 0.25) is 0 Å². The minimum Gasteiger partial charge on any atom is 0 e. The number of rotatable bonds is 8. The van der Waals surface area contributed by atoms with Crippen molar-refractivity contribution in [2.45, 2.75) is 70.6 Å². The number of aryl methyl sites for hydroxylation is 2. The average Bonchev–Trinajstić information content (AvgIpc) is 3.99. The van der Waals surface area contributed by atoms with E-state index < -0.39 is 13.3 Å². The Hall–Kier alpha value is -6.47. The van der Waals surface area contributed by atoms with E-state index in [4.69, 9.17) is 4.98 Å². The van der Waals surface area contributed by atoms with Crippen molar-refractivity contribution >= 4 is 81.7 Å². The molecule has 0 aliphatic carbocycles. The standard InChI is InChI=1S/C47H39N2S.C20H20GeN.Ir/c1-27(2)39-25-33(31-12-8-7-9-13-31)26-40(28(3)4)44(39)49-42-15-11-10-14-41(42)48-47(49)38-20-17-30(6)43-37-23-22-35-34-19-16-29(5)24-32(34)18-21-36(35)45(37)50-46(38)43;1-21(2,3)19-12-13-20(22-15-19)18-11-7-10-17(14-18)16-8-5-4-6-9-16;/h7-19,21-28H,1-6H3;4-10,12-15H,1-3H3;/q2*-1;. The average molecular weight is 1200 g/mol. The van der Waals surface area contributed by atoms with Crippen molar-refractivity contribution in [3.05, 3.63) is 217 Å². The van der Waals surface area contributed by atoms with E-state index in [0.29, 0.717) is 11.8 Å². The number of hydrogen-bond donors (Lipinski definition) is 0. The molecule has 12 rings (SSSR count). The first kappa shape index (κ1) is 50.1. The number of imidazole rings is 1. The van der Waals surface area contributed by atoms with Gasteiger partial charge in [0, 0.05) is 30.5 Å². The molecule has 363 valence electrons. The molecule has 0 spiro atoms. The molecular formula is C67H59GeIrN3S-2. The second kappa shape index (κ2) is 20.4. The molecule has 3 heterocycles. The molecule has 0 amide bonds. The van der Waals surface area contributed by atoms with Crippen molar-refractivity contribution in [3.8, 4) is 50.6 Å². The molecule has 0 bridgehead atoms. The third-order valence-electron chi connectivity index (χ3n) is 14.2. The van der Waals surface area contributed by atoms with Gasteiger partial charge in [-0.25, -0.2) is 0 Å². The van der Waals surface area contributed by atoms with E-state index in [9.17, 15) is 0 Å². The summed E-state index contributed by atoms with van der Waals surface area (Å²) in [5.74, 6) is 8.72. The number of nitrogens with zero attached hydrogens (tertiary/aromatic N) is 3. The number of hydrogen-bond acceptors (Lipinski definition) is 3. The Balaban J connectivity index is 0.000000223. The fourth-order valence-corrected chi connectivity index (χ4v) is 13.9. The van der Waals surface area contributed by atoms with Crippen LogP contribution in [0.4, 0.5) is 0 Å². The Kier molecular flexibility index (Phi) is 14.0. The van der Waals surface area contributed by atoms with E-state index in [0.717, 1.165) is 33.7 Å². The molecule has 0 saturated carbocycles. The number of thiophene rings is 1. The van der Waals surface area contributed by atoms with Crippen molar-refractivity contribution in [2.75, 3.05) is 0 Å². The van der Waals surface area contributed by atoms with E-state index in [1.165, 1.54) is 96.3 Å². The fourth-order valence-electron chi connectivity index (χ4n) is 10.3. The molecule has 9 aromatic carbocycles. The van der Waals surface area contributed by atoms with Gasteiger partial charge in [-0.2, -0.15) is 11.3 Å². The van der Waals surface area contributed by atoms with Crippen molar-refractivity contribution in [1.29, 1.82) is 0 Å². The largest absolute Gasteiger partial charge is 0 e. The molecular weight excluding hydrogens is 1140 g/mol. The van der Waals surface area contributed by atoms with Crippen LogP contribution >= 0.6 is 11.3 Å². The summed E-state index contributed by atoms with van der Waals surface area (Å²) in [6.07, 6.45) is 2.05. The van der Waals surface area contributed by atoms with E-state index in [1.54, 1.807) is 0 Å². The zero-order valence-electron chi connectivity index (χ0n) is 43.1. The molecule has 73 heavy (non-hydrogen) atoms. The number of fused-ring (bicyclic) bond motifs is 8. The molecule has 0 aliphatic heterocycles. The molecule has 3 aromatic heterocycles.